The van der Waals surface area contributed by atoms with E-state index in [2.05, 4.69) is 31.9 Å². The Hall–Kier alpha value is -1.20. The van der Waals surface area contributed by atoms with Crippen molar-refractivity contribution in [2.45, 2.75) is 4.90 Å². The molecule has 23 heavy (non-hydrogen) atoms. The molecule has 0 aromatic heterocycles. The van der Waals surface area contributed by atoms with Gasteiger partial charge in [-0.1, -0.05) is 31.9 Å². The van der Waals surface area contributed by atoms with Crippen LogP contribution in [0, 0.1) is 10.1 Å². The third-order valence-corrected chi connectivity index (χ3v) is 4.82. The molecule has 0 spiro atoms. The summed E-state index contributed by atoms with van der Waals surface area (Å²) in [6.07, 6.45) is 0.958. The number of hydrogen-bond acceptors (Lipinski definition) is 6. The highest BCUT2D eigenvalue weighted by molar-refractivity contribution is 9.09. The molecule has 0 heterocycles. The number of rotatable bonds is 8. The fourth-order valence-electron chi connectivity index (χ4n) is 2.01. The first-order valence-electron chi connectivity index (χ1n) is 6.32. The van der Waals surface area contributed by atoms with Gasteiger partial charge in [-0.25, -0.2) is 8.42 Å². The van der Waals surface area contributed by atoms with Gasteiger partial charge in [-0.05, 0) is 6.07 Å². The summed E-state index contributed by atoms with van der Waals surface area (Å²) in [5.41, 5.74) is 4.46. The van der Waals surface area contributed by atoms with Crippen molar-refractivity contribution >= 4 is 59.0 Å². The van der Waals surface area contributed by atoms with Crippen LogP contribution in [0.3, 0.4) is 0 Å². The summed E-state index contributed by atoms with van der Waals surface area (Å²) in [6, 6.07) is 2.06. The second-order valence-electron chi connectivity index (χ2n) is 4.60. The monoisotopic (exact) mass is 471 g/mol. The summed E-state index contributed by atoms with van der Waals surface area (Å²) in [7, 11) is -3.74. The molecule has 8 nitrogen and oxygen atoms in total. The minimum Gasteiger partial charge on any atom is -0.369 e. The topological polar surface area (TPSA) is 124 Å². The van der Waals surface area contributed by atoms with Gasteiger partial charge in [0.05, 0.1) is 15.5 Å². The highest BCUT2D eigenvalue weighted by Crippen LogP contribution is 2.33. The number of nitro groups is 1. The van der Waals surface area contributed by atoms with Gasteiger partial charge in [0.2, 0.25) is 0 Å². The Labute approximate surface area is 150 Å². The first kappa shape index (κ1) is 19.8. The van der Waals surface area contributed by atoms with Crippen LogP contribution in [-0.2, 0) is 9.84 Å². The number of nitrogens with zero attached hydrogens (tertiary/aromatic N) is 2. The minimum absolute atomic E-state index is 0.212. The molecule has 0 aliphatic heterocycles. The van der Waals surface area contributed by atoms with Gasteiger partial charge in [0, 0.05) is 36.1 Å². The van der Waals surface area contributed by atoms with E-state index in [0.717, 1.165) is 12.3 Å². The number of amides is 1. The molecule has 11 heteroatoms. The number of hydrogen-bond donors (Lipinski definition) is 1. The van der Waals surface area contributed by atoms with Crippen molar-refractivity contribution in [2.75, 3.05) is 34.9 Å². The average Bonchev–Trinajstić information content (AvgIpc) is 2.44. The van der Waals surface area contributed by atoms with Crippen LogP contribution in [0.25, 0.3) is 0 Å². The van der Waals surface area contributed by atoms with Crippen molar-refractivity contribution in [1.29, 1.82) is 0 Å². The van der Waals surface area contributed by atoms with Crippen LogP contribution in [0.4, 0.5) is 11.4 Å². The van der Waals surface area contributed by atoms with E-state index in [-0.39, 0.29) is 16.1 Å². The van der Waals surface area contributed by atoms with Crippen LogP contribution >= 0.6 is 31.9 Å². The number of alkyl halides is 2. The number of nitrogens with two attached hydrogens (primary N) is 1. The van der Waals surface area contributed by atoms with E-state index >= 15 is 0 Å². The molecule has 0 radical (unpaired) electrons. The van der Waals surface area contributed by atoms with E-state index in [0.29, 0.717) is 23.7 Å². The molecule has 0 bridgehead atoms. The van der Waals surface area contributed by atoms with E-state index in [1.807, 2.05) is 0 Å². The maximum Gasteiger partial charge on any atom is 0.283 e. The fraction of sp³-hybridized carbons (Fsp3) is 0.417. The number of nitro benzene ring substituents is 1. The minimum atomic E-state index is -3.74. The third kappa shape index (κ3) is 4.88. The van der Waals surface area contributed by atoms with Gasteiger partial charge in [0.1, 0.15) is 5.56 Å². The molecule has 1 aromatic rings. The van der Waals surface area contributed by atoms with Gasteiger partial charge in [0.25, 0.3) is 11.6 Å². The number of carbonyl (C=O) groups excluding carboxylic acids is 1. The van der Waals surface area contributed by atoms with E-state index in [9.17, 15) is 23.3 Å². The average molecular weight is 473 g/mol. The first-order chi connectivity index (χ1) is 10.6. The molecular formula is C12H15Br2N3O5S. The Morgan fingerprint density at radius 3 is 2.17 bits per heavy atom. The highest BCUT2D eigenvalue weighted by Gasteiger charge is 2.27. The first-order valence-corrected chi connectivity index (χ1v) is 10.5. The molecule has 0 unspecified atom stereocenters. The molecule has 1 amide bonds. The van der Waals surface area contributed by atoms with Crippen molar-refractivity contribution in [3.63, 3.8) is 0 Å². The Balaban J connectivity index is 3.74. The zero-order valence-corrected chi connectivity index (χ0v) is 16.1. The summed E-state index contributed by atoms with van der Waals surface area (Å²) in [4.78, 5) is 23.3. The summed E-state index contributed by atoms with van der Waals surface area (Å²) >= 11 is 6.54. The van der Waals surface area contributed by atoms with Crippen LogP contribution in [0.5, 0.6) is 0 Å². The molecule has 128 valence electrons. The number of primary amides is 1. The largest absolute Gasteiger partial charge is 0.369 e. The molecule has 0 saturated heterocycles. The summed E-state index contributed by atoms with van der Waals surface area (Å²) < 4.78 is 24.1. The smallest absolute Gasteiger partial charge is 0.283 e. The van der Waals surface area contributed by atoms with Crippen molar-refractivity contribution in [3.8, 4) is 0 Å². The van der Waals surface area contributed by atoms with Crippen molar-refractivity contribution < 1.29 is 18.1 Å². The SMILES string of the molecule is CS(=O)(=O)c1cc([N+](=O)[O-])c(C(N)=O)cc1N(CCBr)CCBr. The lowest BCUT2D eigenvalue weighted by Crippen LogP contribution is -2.29. The van der Waals surface area contributed by atoms with Crippen LogP contribution in [-0.4, -0.2) is 49.3 Å². The molecule has 0 aliphatic carbocycles. The predicted molar refractivity (Wildman–Crippen MR) is 94.5 cm³/mol. The Morgan fingerprint density at radius 1 is 1.30 bits per heavy atom. The number of halogens is 2. The molecule has 1 rings (SSSR count). The third-order valence-electron chi connectivity index (χ3n) is 2.99. The van der Waals surface area contributed by atoms with Gasteiger partial charge < -0.3 is 10.6 Å². The molecule has 0 saturated carbocycles. The Kier molecular flexibility index (Phi) is 6.96. The van der Waals surface area contributed by atoms with Gasteiger partial charge in [-0.15, -0.1) is 0 Å². The van der Waals surface area contributed by atoms with Crippen LogP contribution in [0.1, 0.15) is 10.4 Å². The number of sulfone groups is 1. The van der Waals surface area contributed by atoms with E-state index < -0.39 is 26.4 Å². The van der Waals surface area contributed by atoms with E-state index in [1.165, 1.54) is 6.07 Å². The van der Waals surface area contributed by atoms with Crippen LogP contribution in [0.15, 0.2) is 17.0 Å². The van der Waals surface area contributed by atoms with Gasteiger partial charge in [-0.3, -0.25) is 14.9 Å². The molecule has 1 aromatic carbocycles. The lowest BCUT2D eigenvalue weighted by atomic mass is 10.1. The Bertz CT molecular complexity index is 718. The summed E-state index contributed by atoms with van der Waals surface area (Å²) in [6.45, 7) is 0.897. The lowest BCUT2D eigenvalue weighted by Gasteiger charge is -2.25. The zero-order chi connectivity index (χ0) is 17.8. The highest BCUT2D eigenvalue weighted by atomic mass is 79.9. The summed E-state index contributed by atoms with van der Waals surface area (Å²) in [5, 5.41) is 12.2. The Morgan fingerprint density at radius 2 is 1.83 bits per heavy atom. The van der Waals surface area contributed by atoms with Gasteiger partial charge >= 0.3 is 0 Å². The van der Waals surface area contributed by atoms with Crippen molar-refractivity contribution in [1.82, 2.24) is 0 Å². The number of carbonyl (C=O) groups is 1. The quantitative estimate of drug-likeness (QED) is 0.348. The molecule has 2 N–H and O–H groups in total. The second kappa shape index (κ2) is 8.06. The van der Waals surface area contributed by atoms with Crippen LogP contribution in [0.2, 0.25) is 0 Å². The van der Waals surface area contributed by atoms with Gasteiger partial charge in [-0.2, -0.15) is 0 Å². The standard InChI is InChI=1S/C12H15Br2N3O5S/c1-23(21,22)11-7-9(17(19)20)8(12(15)18)6-10(11)16(4-2-13)5-3-14/h6-7H,2-5H2,1H3,(H2,15,18). The molecular weight excluding hydrogens is 458 g/mol. The fourth-order valence-corrected chi connectivity index (χ4v) is 3.76. The molecule has 0 atom stereocenters. The second-order valence-corrected chi connectivity index (χ2v) is 8.17. The maximum absolute atomic E-state index is 12.0. The van der Waals surface area contributed by atoms with E-state index in [1.54, 1.807) is 4.90 Å². The molecule has 0 fully saturated rings. The number of anilines is 1. The van der Waals surface area contributed by atoms with Crippen molar-refractivity contribution in [2.24, 2.45) is 5.73 Å². The predicted octanol–water partition coefficient (Wildman–Crippen LogP) is 1.69. The maximum atomic E-state index is 12.0. The van der Waals surface area contributed by atoms with Crippen LogP contribution < -0.4 is 10.6 Å². The van der Waals surface area contributed by atoms with E-state index in [4.69, 9.17) is 5.73 Å². The normalized spacial score (nSPS) is 11.3. The lowest BCUT2D eigenvalue weighted by molar-refractivity contribution is -0.385. The summed E-state index contributed by atoms with van der Waals surface area (Å²) in [5.74, 6) is -0.990. The molecule has 0 aliphatic rings. The van der Waals surface area contributed by atoms with Gasteiger partial charge in [0.15, 0.2) is 9.84 Å². The number of benzene rings is 1. The zero-order valence-electron chi connectivity index (χ0n) is 12.2. The van der Waals surface area contributed by atoms with Crippen molar-refractivity contribution in [3.05, 3.63) is 27.8 Å².